The van der Waals surface area contributed by atoms with Gasteiger partial charge in [-0.3, -0.25) is 0 Å². The van der Waals surface area contributed by atoms with E-state index in [4.69, 9.17) is 16.3 Å². The van der Waals surface area contributed by atoms with Crippen molar-refractivity contribution < 1.29 is 4.74 Å². The molecule has 0 aliphatic carbocycles. The lowest BCUT2D eigenvalue weighted by Crippen LogP contribution is -2.09. The Morgan fingerprint density at radius 3 is 3.06 bits per heavy atom. The third-order valence-electron chi connectivity index (χ3n) is 2.47. The number of fused-ring (bicyclic) bond motifs is 1. The zero-order chi connectivity index (χ0) is 12.3. The Morgan fingerprint density at radius 2 is 2.35 bits per heavy atom. The van der Waals surface area contributed by atoms with Crippen LogP contribution in [0.4, 0.5) is 0 Å². The van der Waals surface area contributed by atoms with Crippen molar-refractivity contribution in [1.29, 1.82) is 0 Å². The number of hydrogen-bond acceptors (Lipinski definition) is 3. The highest BCUT2D eigenvalue weighted by atomic mass is 79.9. The van der Waals surface area contributed by atoms with E-state index in [1.165, 1.54) is 0 Å². The van der Waals surface area contributed by atoms with E-state index in [-0.39, 0.29) is 0 Å². The summed E-state index contributed by atoms with van der Waals surface area (Å²) in [4.78, 5) is 8.94. The summed E-state index contributed by atoms with van der Waals surface area (Å²) < 4.78 is 8.09. The Balaban J connectivity index is 2.46. The lowest BCUT2D eigenvalue weighted by Gasteiger charge is -2.06. The van der Waals surface area contributed by atoms with Crippen LogP contribution in [0.3, 0.4) is 0 Å². The van der Waals surface area contributed by atoms with Crippen LogP contribution >= 0.6 is 27.5 Å². The molecule has 0 N–H and O–H groups in total. The van der Waals surface area contributed by atoms with E-state index in [2.05, 4.69) is 30.5 Å². The quantitative estimate of drug-likeness (QED) is 0.796. The molecule has 6 heteroatoms. The standard InChI is InChI=1S/C11H13BrClN3O/c1-17-5-4-16-10(2-3-13)15-9-6-8(12)7-14-11(9)16/h6-7H,2-5H2,1H3. The highest BCUT2D eigenvalue weighted by Gasteiger charge is 2.11. The average molecular weight is 319 g/mol. The first kappa shape index (κ1) is 12.8. The predicted octanol–water partition coefficient (Wildman–Crippen LogP) is 2.62. The second-order valence-corrected chi connectivity index (χ2v) is 4.90. The maximum absolute atomic E-state index is 5.79. The lowest BCUT2D eigenvalue weighted by molar-refractivity contribution is 0.187. The van der Waals surface area contributed by atoms with Crippen molar-refractivity contribution in [2.24, 2.45) is 0 Å². The zero-order valence-corrected chi connectivity index (χ0v) is 11.8. The van der Waals surface area contributed by atoms with Crippen molar-refractivity contribution in [2.45, 2.75) is 13.0 Å². The number of halogens is 2. The number of aryl methyl sites for hydroxylation is 1. The number of alkyl halides is 1. The molecule has 92 valence electrons. The molecule has 0 aliphatic rings. The molecule has 2 heterocycles. The normalized spacial score (nSPS) is 11.2. The second kappa shape index (κ2) is 5.80. The van der Waals surface area contributed by atoms with Crippen LogP contribution in [0.25, 0.3) is 11.2 Å². The predicted molar refractivity (Wildman–Crippen MR) is 71.5 cm³/mol. The molecule has 0 saturated carbocycles. The third-order valence-corrected chi connectivity index (χ3v) is 3.09. The molecule has 0 saturated heterocycles. The molecule has 4 nitrogen and oxygen atoms in total. The van der Waals surface area contributed by atoms with Gasteiger partial charge in [-0.2, -0.15) is 0 Å². The molecule has 2 rings (SSSR count). The van der Waals surface area contributed by atoms with E-state index in [0.717, 1.165) is 34.4 Å². The van der Waals surface area contributed by atoms with Crippen LogP contribution < -0.4 is 0 Å². The van der Waals surface area contributed by atoms with Gasteiger partial charge in [-0.15, -0.1) is 11.6 Å². The van der Waals surface area contributed by atoms with E-state index in [9.17, 15) is 0 Å². The molecule has 0 amide bonds. The summed E-state index contributed by atoms with van der Waals surface area (Å²) in [6.45, 7) is 1.38. The van der Waals surface area contributed by atoms with Gasteiger partial charge in [-0.25, -0.2) is 9.97 Å². The topological polar surface area (TPSA) is 39.9 Å². The number of ether oxygens (including phenoxy) is 1. The SMILES string of the molecule is COCCn1c(CCCl)nc2cc(Br)cnc21. The maximum Gasteiger partial charge on any atom is 0.160 e. The van der Waals surface area contributed by atoms with Crippen molar-refractivity contribution >= 4 is 38.7 Å². The van der Waals surface area contributed by atoms with Crippen LogP contribution in [0.15, 0.2) is 16.7 Å². The van der Waals surface area contributed by atoms with Crippen LogP contribution in [-0.4, -0.2) is 34.1 Å². The van der Waals surface area contributed by atoms with Crippen molar-refractivity contribution in [2.75, 3.05) is 19.6 Å². The largest absolute Gasteiger partial charge is 0.383 e. The van der Waals surface area contributed by atoms with Crippen molar-refractivity contribution in [3.63, 3.8) is 0 Å². The molecule has 0 aromatic carbocycles. The molecule has 2 aromatic heterocycles. The van der Waals surface area contributed by atoms with E-state index in [0.29, 0.717) is 12.5 Å². The number of nitrogens with zero attached hydrogens (tertiary/aromatic N) is 3. The summed E-state index contributed by atoms with van der Waals surface area (Å²) >= 11 is 9.18. The molecule has 0 bridgehead atoms. The molecule has 0 unspecified atom stereocenters. The van der Waals surface area contributed by atoms with Crippen LogP contribution in [-0.2, 0) is 17.7 Å². The minimum absolute atomic E-state index is 0.553. The minimum atomic E-state index is 0.553. The number of hydrogen-bond donors (Lipinski definition) is 0. The van der Waals surface area contributed by atoms with Crippen LogP contribution in [0.5, 0.6) is 0 Å². The Morgan fingerprint density at radius 1 is 1.53 bits per heavy atom. The van der Waals surface area contributed by atoms with Gasteiger partial charge < -0.3 is 9.30 Å². The molecule has 0 aliphatic heterocycles. The van der Waals surface area contributed by atoms with Gasteiger partial charge in [0, 0.05) is 36.6 Å². The summed E-state index contributed by atoms with van der Waals surface area (Å²) in [5, 5.41) is 0. The first-order valence-corrected chi connectivity index (χ1v) is 6.64. The fourth-order valence-electron chi connectivity index (χ4n) is 1.73. The highest BCUT2D eigenvalue weighted by molar-refractivity contribution is 9.10. The number of rotatable bonds is 5. The van der Waals surface area contributed by atoms with E-state index < -0.39 is 0 Å². The molecular formula is C11H13BrClN3O. The Kier molecular flexibility index (Phi) is 4.36. The van der Waals surface area contributed by atoms with Crippen LogP contribution in [0.2, 0.25) is 0 Å². The summed E-state index contributed by atoms with van der Waals surface area (Å²) in [7, 11) is 1.68. The number of imidazole rings is 1. The van der Waals surface area contributed by atoms with Crippen molar-refractivity contribution in [1.82, 2.24) is 14.5 Å². The summed E-state index contributed by atoms with van der Waals surface area (Å²) in [6.07, 6.45) is 2.51. The molecule has 0 fully saturated rings. The van der Waals surface area contributed by atoms with Gasteiger partial charge in [0.15, 0.2) is 5.65 Å². The van der Waals surface area contributed by atoms with Gasteiger partial charge in [-0.05, 0) is 22.0 Å². The van der Waals surface area contributed by atoms with Crippen molar-refractivity contribution in [3.8, 4) is 0 Å². The Labute approximate surface area is 113 Å². The summed E-state index contributed by atoms with van der Waals surface area (Å²) in [5.74, 6) is 1.51. The number of aromatic nitrogens is 3. The summed E-state index contributed by atoms with van der Waals surface area (Å²) in [6, 6.07) is 1.96. The van der Waals surface area contributed by atoms with Crippen LogP contribution in [0, 0.1) is 0 Å². The Hall–Kier alpha value is -0.650. The monoisotopic (exact) mass is 317 g/mol. The average Bonchev–Trinajstić information content (AvgIpc) is 2.63. The zero-order valence-electron chi connectivity index (χ0n) is 9.49. The molecule has 17 heavy (non-hydrogen) atoms. The third kappa shape index (κ3) is 2.78. The molecule has 0 radical (unpaired) electrons. The molecule has 2 aromatic rings. The van der Waals surface area contributed by atoms with E-state index in [1.54, 1.807) is 13.3 Å². The van der Waals surface area contributed by atoms with Gasteiger partial charge in [0.1, 0.15) is 11.3 Å². The maximum atomic E-state index is 5.79. The fraction of sp³-hybridized carbons (Fsp3) is 0.455. The number of pyridine rings is 1. The Bertz CT molecular complexity index is 515. The summed E-state index contributed by atoms with van der Waals surface area (Å²) in [5.41, 5.74) is 1.76. The highest BCUT2D eigenvalue weighted by Crippen LogP contribution is 2.19. The van der Waals surface area contributed by atoms with Gasteiger partial charge in [0.05, 0.1) is 6.61 Å². The number of methoxy groups -OCH3 is 1. The molecule has 0 spiro atoms. The first-order valence-electron chi connectivity index (χ1n) is 5.32. The first-order chi connectivity index (χ1) is 8.26. The van der Waals surface area contributed by atoms with Gasteiger partial charge in [0.25, 0.3) is 0 Å². The van der Waals surface area contributed by atoms with Gasteiger partial charge in [-0.1, -0.05) is 0 Å². The van der Waals surface area contributed by atoms with Crippen LogP contribution in [0.1, 0.15) is 5.82 Å². The minimum Gasteiger partial charge on any atom is -0.383 e. The van der Waals surface area contributed by atoms with E-state index in [1.807, 2.05) is 6.07 Å². The lowest BCUT2D eigenvalue weighted by atomic mass is 10.4. The fourth-order valence-corrected chi connectivity index (χ4v) is 2.21. The van der Waals surface area contributed by atoms with Gasteiger partial charge >= 0.3 is 0 Å². The second-order valence-electron chi connectivity index (χ2n) is 3.61. The molecule has 0 atom stereocenters. The van der Waals surface area contributed by atoms with Crippen molar-refractivity contribution in [3.05, 3.63) is 22.6 Å². The molecular weight excluding hydrogens is 305 g/mol. The van der Waals surface area contributed by atoms with E-state index >= 15 is 0 Å². The van der Waals surface area contributed by atoms with Gasteiger partial charge in [0.2, 0.25) is 0 Å². The smallest absolute Gasteiger partial charge is 0.160 e.